The molecule has 2 aromatic rings. The summed E-state index contributed by atoms with van der Waals surface area (Å²) in [5.74, 6) is 0.102. The quantitative estimate of drug-likeness (QED) is 0.550. The molecule has 1 fully saturated rings. The zero-order chi connectivity index (χ0) is 16.1. The maximum absolute atomic E-state index is 10.3. The molecule has 0 radical (unpaired) electrons. The van der Waals surface area contributed by atoms with E-state index in [9.17, 15) is 15.3 Å². The first-order chi connectivity index (χ1) is 10.4. The highest BCUT2D eigenvalue weighted by atomic mass is 35.5. The number of aliphatic hydroxyl groups excluding tert-OH is 3. The smallest absolute Gasteiger partial charge is 0.226 e. The van der Waals surface area contributed by atoms with E-state index in [1.165, 1.54) is 10.9 Å². The van der Waals surface area contributed by atoms with Crippen molar-refractivity contribution in [3.8, 4) is 0 Å². The largest absolute Gasteiger partial charge is 0.393 e. The fourth-order valence-electron chi connectivity index (χ4n) is 2.70. The topological polar surface area (TPSA) is 140 Å². The number of rotatable bonds is 3. The number of fused-ring (bicyclic) bond motifs is 1. The van der Waals surface area contributed by atoms with Gasteiger partial charge in [-0.25, -0.2) is 4.98 Å². The molecule has 1 aliphatic rings. The molecule has 3 heterocycles. The maximum Gasteiger partial charge on any atom is 0.226 e. The van der Waals surface area contributed by atoms with Gasteiger partial charge in [-0.2, -0.15) is 9.97 Å². The average Bonchev–Trinajstić information content (AvgIpc) is 3.01. The Bertz CT molecular complexity index is 704. The van der Waals surface area contributed by atoms with Crippen LogP contribution in [0.4, 0.5) is 5.82 Å². The zero-order valence-corrected chi connectivity index (χ0v) is 12.5. The molecule has 0 aliphatic carbocycles. The molecule has 1 saturated heterocycles. The standard InChI is InChI=1S/C12H16ClN5O4/c1-2-12(3-19)7(21)6(20)10(22-12)18-4-15-5-8(14)16-11(13)17-9(5)18/h4,6-7,10,19-21H,2-3H2,1H3,(H2,14,16,17)/t6-,7-,10-,12+/m0/s1. The lowest BCUT2D eigenvalue weighted by molar-refractivity contribution is -0.129. The molecule has 3 rings (SSSR count). The summed E-state index contributed by atoms with van der Waals surface area (Å²) in [6, 6.07) is 0. The number of imidazole rings is 1. The van der Waals surface area contributed by atoms with Gasteiger partial charge in [-0.05, 0) is 18.0 Å². The highest BCUT2D eigenvalue weighted by molar-refractivity contribution is 6.28. The molecule has 5 N–H and O–H groups in total. The number of nitrogens with two attached hydrogens (primary N) is 1. The van der Waals surface area contributed by atoms with Gasteiger partial charge in [0.25, 0.3) is 0 Å². The van der Waals surface area contributed by atoms with E-state index in [4.69, 9.17) is 22.1 Å². The van der Waals surface area contributed by atoms with Gasteiger partial charge in [0.05, 0.1) is 12.9 Å². The highest BCUT2D eigenvalue weighted by Gasteiger charge is 2.53. The third-order valence-electron chi connectivity index (χ3n) is 4.07. The lowest BCUT2D eigenvalue weighted by Crippen LogP contribution is -2.45. The van der Waals surface area contributed by atoms with Gasteiger partial charge in [0.1, 0.15) is 23.3 Å². The normalized spacial score (nSPS) is 32.0. The predicted molar refractivity (Wildman–Crippen MR) is 77.0 cm³/mol. The van der Waals surface area contributed by atoms with Crippen molar-refractivity contribution in [2.24, 2.45) is 0 Å². The second-order valence-corrected chi connectivity index (χ2v) is 5.56. The number of ether oxygens (including phenoxy) is 1. The minimum absolute atomic E-state index is 0.0660. The minimum atomic E-state index is -1.26. The summed E-state index contributed by atoms with van der Waals surface area (Å²) in [5, 5.41) is 30.0. The molecule has 1 aliphatic heterocycles. The summed E-state index contributed by atoms with van der Waals surface area (Å²) in [6.45, 7) is 1.32. The Morgan fingerprint density at radius 1 is 1.45 bits per heavy atom. The maximum atomic E-state index is 10.3. The molecule has 4 atom stereocenters. The molecule has 9 nitrogen and oxygen atoms in total. The fourth-order valence-corrected chi connectivity index (χ4v) is 2.87. The van der Waals surface area contributed by atoms with Crippen molar-refractivity contribution in [1.29, 1.82) is 0 Å². The van der Waals surface area contributed by atoms with Crippen LogP contribution in [0.15, 0.2) is 6.33 Å². The number of aromatic nitrogens is 4. The van der Waals surface area contributed by atoms with Crippen LogP contribution in [0.5, 0.6) is 0 Å². The van der Waals surface area contributed by atoms with E-state index in [-0.39, 0.29) is 16.7 Å². The number of hydrogen-bond acceptors (Lipinski definition) is 8. The molecule has 0 saturated carbocycles. The van der Waals surface area contributed by atoms with Crippen LogP contribution in [0.3, 0.4) is 0 Å². The van der Waals surface area contributed by atoms with Crippen molar-refractivity contribution in [3.05, 3.63) is 11.6 Å². The second-order valence-electron chi connectivity index (χ2n) is 5.22. The first kappa shape index (κ1) is 15.4. The van der Waals surface area contributed by atoms with E-state index < -0.39 is 30.6 Å². The molecule has 0 spiro atoms. The molecule has 0 unspecified atom stereocenters. The van der Waals surface area contributed by atoms with Gasteiger partial charge in [-0.1, -0.05) is 6.92 Å². The van der Waals surface area contributed by atoms with E-state index in [0.717, 1.165) is 0 Å². The third kappa shape index (κ3) is 2.05. The summed E-state index contributed by atoms with van der Waals surface area (Å²) < 4.78 is 7.15. The molecule has 22 heavy (non-hydrogen) atoms. The van der Waals surface area contributed by atoms with Crippen molar-refractivity contribution < 1.29 is 20.1 Å². The zero-order valence-electron chi connectivity index (χ0n) is 11.7. The molecular weight excluding hydrogens is 314 g/mol. The lowest BCUT2D eigenvalue weighted by Gasteiger charge is -2.28. The van der Waals surface area contributed by atoms with Crippen LogP contribution >= 0.6 is 11.6 Å². The van der Waals surface area contributed by atoms with Gasteiger partial charge in [-0.15, -0.1) is 0 Å². The number of nitrogens with zero attached hydrogens (tertiary/aromatic N) is 4. The van der Waals surface area contributed by atoms with Crippen LogP contribution in [-0.2, 0) is 4.74 Å². The van der Waals surface area contributed by atoms with Crippen LogP contribution < -0.4 is 5.73 Å². The summed E-state index contributed by atoms with van der Waals surface area (Å²) in [6.07, 6.45) is -1.80. The summed E-state index contributed by atoms with van der Waals surface area (Å²) in [7, 11) is 0. The van der Waals surface area contributed by atoms with Crippen LogP contribution in [0.2, 0.25) is 5.28 Å². The van der Waals surface area contributed by atoms with Crippen molar-refractivity contribution in [2.75, 3.05) is 12.3 Å². The Morgan fingerprint density at radius 3 is 2.77 bits per heavy atom. The van der Waals surface area contributed by atoms with Gasteiger partial charge in [0.2, 0.25) is 5.28 Å². The second kappa shape index (κ2) is 5.28. The average molecular weight is 330 g/mol. The molecule has 10 heteroatoms. The Labute approximate surface area is 130 Å². The number of halogens is 1. The minimum Gasteiger partial charge on any atom is -0.393 e. The Hall–Kier alpha value is -1.52. The third-order valence-corrected chi connectivity index (χ3v) is 4.24. The monoisotopic (exact) mass is 329 g/mol. The van der Waals surface area contributed by atoms with Crippen LogP contribution in [0, 0.1) is 0 Å². The van der Waals surface area contributed by atoms with Gasteiger partial charge in [-0.3, -0.25) is 4.57 Å². The van der Waals surface area contributed by atoms with E-state index in [2.05, 4.69) is 15.0 Å². The van der Waals surface area contributed by atoms with Gasteiger partial charge < -0.3 is 25.8 Å². The number of aliphatic hydroxyl groups is 3. The summed E-state index contributed by atoms with van der Waals surface area (Å²) in [5.41, 5.74) is 5.07. The number of anilines is 1. The highest BCUT2D eigenvalue weighted by Crippen LogP contribution is 2.40. The molecule has 0 bridgehead atoms. The number of hydrogen-bond donors (Lipinski definition) is 4. The SMILES string of the molecule is CC[C@]1(CO)O[C@H](n2cnc3c(N)nc(Cl)nc32)[C@@H](O)[C@@H]1O. The van der Waals surface area contributed by atoms with E-state index in [0.29, 0.717) is 11.9 Å². The van der Waals surface area contributed by atoms with Crippen molar-refractivity contribution >= 4 is 28.6 Å². The number of nitrogen functional groups attached to an aromatic ring is 1. The Kier molecular flexibility index (Phi) is 3.69. The van der Waals surface area contributed by atoms with Crippen LogP contribution in [0.25, 0.3) is 11.2 Å². The van der Waals surface area contributed by atoms with E-state index in [1.54, 1.807) is 6.92 Å². The van der Waals surface area contributed by atoms with Crippen LogP contribution in [0.1, 0.15) is 19.6 Å². The summed E-state index contributed by atoms with van der Waals surface area (Å²) in [4.78, 5) is 11.9. The van der Waals surface area contributed by atoms with Crippen molar-refractivity contribution in [3.63, 3.8) is 0 Å². The first-order valence-corrected chi connectivity index (χ1v) is 7.11. The van der Waals surface area contributed by atoms with Gasteiger partial charge in [0, 0.05) is 0 Å². The molecular formula is C12H16ClN5O4. The van der Waals surface area contributed by atoms with Gasteiger partial charge >= 0.3 is 0 Å². The van der Waals surface area contributed by atoms with Crippen LogP contribution in [-0.4, -0.2) is 59.3 Å². The molecule has 0 aromatic carbocycles. The van der Waals surface area contributed by atoms with E-state index >= 15 is 0 Å². The Balaban J connectivity index is 2.09. The van der Waals surface area contributed by atoms with Crippen molar-refractivity contribution in [2.45, 2.75) is 37.4 Å². The Morgan fingerprint density at radius 2 is 2.18 bits per heavy atom. The van der Waals surface area contributed by atoms with Crippen molar-refractivity contribution in [1.82, 2.24) is 19.5 Å². The molecule has 120 valence electrons. The van der Waals surface area contributed by atoms with Gasteiger partial charge in [0.15, 0.2) is 17.7 Å². The fraction of sp³-hybridized carbons (Fsp3) is 0.583. The predicted octanol–water partition coefficient (Wildman–Crippen LogP) is -0.546. The molecule has 2 aromatic heterocycles. The lowest BCUT2D eigenvalue weighted by atomic mass is 9.93. The first-order valence-electron chi connectivity index (χ1n) is 6.74. The van der Waals surface area contributed by atoms with E-state index in [1.807, 2.05) is 0 Å². The molecule has 0 amide bonds. The summed E-state index contributed by atoms with van der Waals surface area (Å²) >= 11 is 5.80.